The first-order valence-electron chi connectivity index (χ1n) is 10.3. The maximum atomic E-state index is 12.8. The molecule has 0 unspecified atom stereocenters. The number of hydrogen-bond donors (Lipinski definition) is 1. The molecule has 4 aromatic rings. The Kier molecular flexibility index (Phi) is 7.54. The van der Waals surface area contributed by atoms with Crippen LogP contribution in [0.2, 0.25) is 10.0 Å². The fourth-order valence-corrected chi connectivity index (χ4v) is 5.11. The number of carbonyl (C=O) groups is 1. The SMILES string of the molecule is Cc1cccc(N=c2scc(-c3ccc(Cl)c(Cl)c3)n2N=C2C(=O)Nc3ccc(Br)cc32)c1C.Cl. The van der Waals surface area contributed by atoms with Crippen LogP contribution in [0.4, 0.5) is 11.4 Å². The third-order valence-electron chi connectivity index (χ3n) is 5.59. The zero-order chi connectivity index (χ0) is 24.0. The Morgan fingerprint density at radius 3 is 2.60 bits per heavy atom. The number of rotatable bonds is 3. The van der Waals surface area contributed by atoms with Crippen LogP contribution in [-0.2, 0) is 4.79 Å². The van der Waals surface area contributed by atoms with E-state index in [0.717, 1.165) is 38.1 Å². The minimum absolute atomic E-state index is 0. The number of benzene rings is 3. The molecule has 5 nitrogen and oxygen atoms in total. The summed E-state index contributed by atoms with van der Waals surface area (Å²) in [5.41, 5.74) is 6.37. The molecule has 1 amide bonds. The molecule has 5 rings (SSSR count). The number of thiazole rings is 1. The van der Waals surface area contributed by atoms with Crippen LogP contribution in [0.25, 0.3) is 11.3 Å². The molecule has 0 saturated carbocycles. The molecule has 0 spiro atoms. The van der Waals surface area contributed by atoms with Crippen LogP contribution in [-0.4, -0.2) is 16.3 Å². The van der Waals surface area contributed by atoms with E-state index in [0.29, 0.717) is 26.2 Å². The molecule has 0 aliphatic carbocycles. The molecule has 2 heterocycles. The number of carbonyl (C=O) groups excluding carboxylic acids is 1. The van der Waals surface area contributed by atoms with Crippen LogP contribution in [0.15, 0.2) is 74.5 Å². The van der Waals surface area contributed by atoms with E-state index >= 15 is 0 Å². The Hall–Kier alpha value is -2.42. The Balaban J connectivity index is 0.00000289. The highest BCUT2D eigenvalue weighted by molar-refractivity contribution is 9.10. The quantitative estimate of drug-likeness (QED) is 0.254. The van der Waals surface area contributed by atoms with Crippen molar-refractivity contribution in [3.63, 3.8) is 0 Å². The molecule has 0 atom stereocenters. The normalized spacial score (nSPS) is 14.1. The third kappa shape index (κ3) is 4.97. The van der Waals surface area contributed by atoms with Crippen LogP contribution in [0.1, 0.15) is 16.7 Å². The second kappa shape index (κ2) is 10.3. The molecule has 1 aliphatic heterocycles. The molecule has 0 bridgehead atoms. The summed E-state index contributed by atoms with van der Waals surface area (Å²) in [4.78, 5) is 18.4. The number of anilines is 1. The average molecular weight is 609 g/mol. The van der Waals surface area contributed by atoms with Gasteiger partial charge in [0.2, 0.25) is 4.80 Å². The Morgan fingerprint density at radius 2 is 1.83 bits per heavy atom. The first-order chi connectivity index (χ1) is 16.3. The predicted octanol–water partition coefficient (Wildman–Crippen LogP) is 7.76. The molecule has 1 aliphatic rings. The highest BCUT2D eigenvalue weighted by Crippen LogP contribution is 2.31. The van der Waals surface area contributed by atoms with Gasteiger partial charge in [0.05, 0.1) is 27.1 Å². The molecule has 1 N–H and O–H groups in total. The van der Waals surface area contributed by atoms with Gasteiger partial charge in [-0.1, -0.05) is 57.3 Å². The van der Waals surface area contributed by atoms with Gasteiger partial charge in [0.1, 0.15) is 0 Å². The van der Waals surface area contributed by atoms with Crippen molar-refractivity contribution < 1.29 is 4.79 Å². The lowest BCUT2D eigenvalue weighted by molar-refractivity contribution is -0.110. The van der Waals surface area contributed by atoms with Gasteiger partial charge in [0.15, 0.2) is 5.71 Å². The number of amides is 1. The van der Waals surface area contributed by atoms with Crippen molar-refractivity contribution in [2.75, 3.05) is 5.32 Å². The van der Waals surface area contributed by atoms with Crippen LogP contribution >= 0.6 is 62.9 Å². The summed E-state index contributed by atoms with van der Waals surface area (Å²) in [6, 6.07) is 17.0. The Labute approximate surface area is 230 Å². The number of nitrogens with zero attached hydrogens (tertiary/aromatic N) is 3. The monoisotopic (exact) mass is 606 g/mol. The molecule has 0 radical (unpaired) electrons. The number of fused-ring (bicyclic) bond motifs is 1. The molecule has 1 aromatic heterocycles. The fraction of sp³-hybridized carbons (Fsp3) is 0.0800. The highest BCUT2D eigenvalue weighted by Gasteiger charge is 2.27. The van der Waals surface area contributed by atoms with Crippen molar-refractivity contribution in [2.45, 2.75) is 13.8 Å². The van der Waals surface area contributed by atoms with E-state index in [2.05, 4.69) is 34.2 Å². The van der Waals surface area contributed by atoms with Crippen molar-refractivity contribution in [1.29, 1.82) is 0 Å². The smallest absolute Gasteiger partial charge is 0.276 e. The molecule has 0 saturated heterocycles. The summed E-state index contributed by atoms with van der Waals surface area (Å²) in [6.07, 6.45) is 0. The number of nitrogens with one attached hydrogen (secondary N) is 1. The van der Waals surface area contributed by atoms with E-state index in [4.69, 9.17) is 33.3 Å². The minimum atomic E-state index is -0.274. The highest BCUT2D eigenvalue weighted by atomic mass is 79.9. The summed E-state index contributed by atoms with van der Waals surface area (Å²) in [6.45, 7) is 4.09. The maximum Gasteiger partial charge on any atom is 0.276 e. The number of halogens is 4. The lowest BCUT2D eigenvalue weighted by Crippen LogP contribution is -2.20. The van der Waals surface area contributed by atoms with Gasteiger partial charge < -0.3 is 5.32 Å². The topological polar surface area (TPSA) is 58.8 Å². The number of aromatic nitrogens is 1. The first-order valence-corrected chi connectivity index (χ1v) is 12.7. The van der Waals surface area contributed by atoms with E-state index < -0.39 is 0 Å². The van der Waals surface area contributed by atoms with Gasteiger partial charge in [-0.2, -0.15) is 5.10 Å². The van der Waals surface area contributed by atoms with Gasteiger partial charge in [-0.3, -0.25) is 4.79 Å². The summed E-state index contributed by atoms with van der Waals surface area (Å²) >= 11 is 17.4. The lowest BCUT2D eigenvalue weighted by Gasteiger charge is -2.07. The standard InChI is InChI=1S/C25H17BrCl2N4OS.ClH/c1-13-4-3-5-20(14(13)2)30-25-32(22(12-34-25)15-6-8-18(27)19(28)10-15)31-23-17-11-16(26)7-9-21(17)29-24(23)33;/h3-12H,1-2H3,(H,29,31,33);1H. The van der Waals surface area contributed by atoms with E-state index in [9.17, 15) is 4.79 Å². The molecule has 10 heteroatoms. The molecule has 35 heavy (non-hydrogen) atoms. The van der Waals surface area contributed by atoms with Crippen LogP contribution in [0, 0.1) is 13.8 Å². The summed E-state index contributed by atoms with van der Waals surface area (Å²) in [7, 11) is 0. The molecular weight excluding hydrogens is 591 g/mol. The maximum absolute atomic E-state index is 12.8. The molecule has 3 aromatic carbocycles. The minimum Gasteiger partial charge on any atom is -0.320 e. The predicted molar refractivity (Wildman–Crippen MR) is 151 cm³/mol. The molecular formula is C25H18BrCl3N4OS. The fourth-order valence-electron chi connectivity index (χ4n) is 3.61. The van der Waals surface area contributed by atoms with Crippen molar-refractivity contribution >= 4 is 85.9 Å². The Morgan fingerprint density at radius 1 is 1.03 bits per heavy atom. The number of aryl methyl sites for hydroxylation is 1. The third-order valence-corrected chi connectivity index (χ3v) is 7.64. The number of hydrogen-bond acceptors (Lipinski definition) is 4. The summed E-state index contributed by atoms with van der Waals surface area (Å²) in [5.74, 6) is -0.274. The second-order valence-electron chi connectivity index (χ2n) is 7.77. The zero-order valence-corrected chi connectivity index (χ0v) is 23.2. The summed E-state index contributed by atoms with van der Waals surface area (Å²) < 4.78 is 2.55. The van der Waals surface area contributed by atoms with Crippen molar-refractivity contribution in [3.05, 3.63) is 96.0 Å². The van der Waals surface area contributed by atoms with Crippen LogP contribution < -0.4 is 10.1 Å². The largest absolute Gasteiger partial charge is 0.320 e. The zero-order valence-electron chi connectivity index (χ0n) is 18.5. The molecule has 178 valence electrons. The van der Waals surface area contributed by atoms with Crippen molar-refractivity contribution in [3.8, 4) is 11.3 Å². The average Bonchev–Trinajstić information content (AvgIpc) is 3.34. The van der Waals surface area contributed by atoms with Gasteiger partial charge in [-0.05, 0) is 61.4 Å². The Bertz CT molecular complexity index is 1580. The first kappa shape index (κ1) is 25.7. The van der Waals surface area contributed by atoms with Crippen molar-refractivity contribution in [1.82, 2.24) is 4.68 Å². The van der Waals surface area contributed by atoms with Gasteiger partial charge in [-0.25, -0.2) is 9.67 Å². The van der Waals surface area contributed by atoms with Gasteiger partial charge >= 0.3 is 0 Å². The van der Waals surface area contributed by atoms with E-state index in [1.807, 2.05) is 48.7 Å². The van der Waals surface area contributed by atoms with Gasteiger partial charge in [0.25, 0.3) is 5.91 Å². The van der Waals surface area contributed by atoms with E-state index in [1.54, 1.807) is 16.8 Å². The lowest BCUT2D eigenvalue weighted by atomic mass is 10.1. The second-order valence-corrected chi connectivity index (χ2v) is 10.3. The van der Waals surface area contributed by atoms with E-state index in [-0.39, 0.29) is 18.3 Å². The van der Waals surface area contributed by atoms with Crippen LogP contribution in [0.3, 0.4) is 0 Å². The van der Waals surface area contributed by atoms with Crippen molar-refractivity contribution in [2.24, 2.45) is 10.1 Å². The van der Waals surface area contributed by atoms with Gasteiger partial charge in [-0.15, -0.1) is 23.7 Å². The van der Waals surface area contributed by atoms with E-state index in [1.165, 1.54) is 11.3 Å². The summed E-state index contributed by atoms with van der Waals surface area (Å²) in [5, 5.41) is 10.5. The van der Waals surface area contributed by atoms with Crippen LogP contribution in [0.5, 0.6) is 0 Å². The van der Waals surface area contributed by atoms with Gasteiger partial charge in [0, 0.05) is 21.0 Å². The molecule has 0 fully saturated rings.